The maximum absolute atomic E-state index is 13.6. The minimum absolute atomic E-state index is 0.326. The Labute approximate surface area is 101 Å². The standard InChI is InChI=1S/C14H19F2N/c1-9(8-17-12-5-6-12)7-11-4-3-10(2)13(15)14(11)16/h3-4,9,12,17H,5-8H2,1-2H3. The Kier molecular flexibility index (Phi) is 3.77. The van der Waals surface area contributed by atoms with E-state index in [1.54, 1.807) is 19.1 Å². The highest BCUT2D eigenvalue weighted by Gasteiger charge is 2.21. The summed E-state index contributed by atoms with van der Waals surface area (Å²) in [5.74, 6) is -1.06. The van der Waals surface area contributed by atoms with E-state index >= 15 is 0 Å². The van der Waals surface area contributed by atoms with Crippen LogP contribution in [0.1, 0.15) is 30.9 Å². The van der Waals surface area contributed by atoms with E-state index in [0.29, 0.717) is 29.5 Å². The van der Waals surface area contributed by atoms with E-state index in [1.165, 1.54) is 12.8 Å². The van der Waals surface area contributed by atoms with E-state index in [0.717, 1.165) is 6.54 Å². The molecule has 1 aromatic carbocycles. The van der Waals surface area contributed by atoms with E-state index in [-0.39, 0.29) is 0 Å². The van der Waals surface area contributed by atoms with Crippen LogP contribution in [0, 0.1) is 24.5 Å². The Morgan fingerprint density at radius 1 is 1.29 bits per heavy atom. The van der Waals surface area contributed by atoms with Gasteiger partial charge in [-0.1, -0.05) is 19.1 Å². The molecule has 0 heterocycles. The molecule has 94 valence electrons. The van der Waals surface area contributed by atoms with Crippen LogP contribution in [0.15, 0.2) is 12.1 Å². The van der Waals surface area contributed by atoms with Crippen molar-refractivity contribution in [3.63, 3.8) is 0 Å². The molecule has 1 aliphatic rings. The first-order chi connectivity index (χ1) is 8.08. The summed E-state index contributed by atoms with van der Waals surface area (Å²) in [6, 6.07) is 4.01. The zero-order valence-corrected chi connectivity index (χ0v) is 10.4. The van der Waals surface area contributed by atoms with Gasteiger partial charge in [-0.15, -0.1) is 0 Å². The van der Waals surface area contributed by atoms with Crippen LogP contribution in [0.4, 0.5) is 8.78 Å². The van der Waals surface area contributed by atoms with Crippen molar-refractivity contribution in [2.45, 2.75) is 39.2 Å². The fourth-order valence-corrected chi connectivity index (χ4v) is 1.95. The van der Waals surface area contributed by atoms with Crippen LogP contribution in [0.3, 0.4) is 0 Å². The van der Waals surface area contributed by atoms with Gasteiger partial charge in [-0.05, 0) is 49.8 Å². The van der Waals surface area contributed by atoms with Gasteiger partial charge in [-0.2, -0.15) is 0 Å². The molecule has 0 bridgehead atoms. The summed E-state index contributed by atoms with van der Waals surface area (Å²) in [5, 5.41) is 3.41. The molecule has 1 aromatic rings. The lowest BCUT2D eigenvalue weighted by Gasteiger charge is -2.13. The molecule has 1 fully saturated rings. The van der Waals surface area contributed by atoms with Gasteiger partial charge >= 0.3 is 0 Å². The van der Waals surface area contributed by atoms with Gasteiger partial charge in [0.25, 0.3) is 0 Å². The van der Waals surface area contributed by atoms with E-state index in [4.69, 9.17) is 0 Å². The first kappa shape index (κ1) is 12.5. The van der Waals surface area contributed by atoms with Crippen molar-refractivity contribution in [2.24, 2.45) is 5.92 Å². The van der Waals surface area contributed by atoms with E-state index in [1.807, 2.05) is 0 Å². The van der Waals surface area contributed by atoms with Crippen molar-refractivity contribution in [1.29, 1.82) is 0 Å². The summed E-state index contributed by atoms with van der Waals surface area (Å²) < 4.78 is 27.0. The molecule has 0 spiro atoms. The molecule has 0 radical (unpaired) electrons. The number of aryl methyl sites for hydroxylation is 1. The molecule has 17 heavy (non-hydrogen) atoms. The lowest BCUT2D eigenvalue weighted by molar-refractivity contribution is 0.466. The van der Waals surface area contributed by atoms with Crippen molar-refractivity contribution < 1.29 is 8.78 Å². The molecular weight excluding hydrogens is 220 g/mol. The van der Waals surface area contributed by atoms with Gasteiger partial charge in [-0.25, -0.2) is 8.78 Å². The van der Waals surface area contributed by atoms with Crippen molar-refractivity contribution in [2.75, 3.05) is 6.54 Å². The second-order valence-corrected chi connectivity index (χ2v) is 5.16. The topological polar surface area (TPSA) is 12.0 Å². The highest BCUT2D eigenvalue weighted by atomic mass is 19.2. The number of rotatable bonds is 5. The quantitative estimate of drug-likeness (QED) is 0.832. The first-order valence-corrected chi connectivity index (χ1v) is 6.24. The smallest absolute Gasteiger partial charge is 0.162 e. The van der Waals surface area contributed by atoms with Gasteiger partial charge in [0.15, 0.2) is 11.6 Å². The summed E-state index contributed by atoms with van der Waals surface area (Å²) in [7, 11) is 0. The maximum atomic E-state index is 13.6. The largest absolute Gasteiger partial charge is 0.314 e. The zero-order chi connectivity index (χ0) is 12.4. The summed E-state index contributed by atoms with van der Waals surface area (Å²) >= 11 is 0. The summed E-state index contributed by atoms with van der Waals surface area (Å²) in [4.78, 5) is 0. The van der Waals surface area contributed by atoms with Crippen LogP contribution in [0.2, 0.25) is 0 Å². The lowest BCUT2D eigenvalue weighted by atomic mass is 9.99. The third-order valence-electron chi connectivity index (χ3n) is 3.26. The Morgan fingerprint density at radius 3 is 2.65 bits per heavy atom. The average molecular weight is 239 g/mol. The van der Waals surface area contributed by atoms with E-state index in [2.05, 4.69) is 12.2 Å². The van der Waals surface area contributed by atoms with Crippen molar-refractivity contribution in [1.82, 2.24) is 5.32 Å². The molecule has 1 unspecified atom stereocenters. The van der Waals surface area contributed by atoms with Crippen molar-refractivity contribution in [3.05, 3.63) is 34.9 Å². The number of halogens is 2. The van der Waals surface area contributed by atoms with Crippen LogP contribution < -0.4 is 5.32 Å². The average Bonchev–Trinajstić information content (AvgIpc) is 3.11. The number of nitrogens with one attached hydrogen (secondary N) is 1. The van der Waals surface area contributed by atoms with Crippen LogP contribution in [0.25, 0.3) is 0 Å². The minimum atomic E-state index is -0.704. The molecule has 1 saturated carbocycles. The third-order valence-corrected chi connectivity index (χ3v) is 3.26. The lowest BCUT2D eigenvalue weighted by Crippen LogP contribution is -2.24. The van der Waals surface area contributed by atoms with Gasteiger partial charge in [-0.3, -0.25) is 0 Å². The van der Waals surface area contributed by atoms with Crippen LogP contribution in [0.5, 0.6) is 0 Å². The molecule has 0 aliphatic heterocycles. The number of hydrogen-bond donors (Lipinski definition) is 1. The van der Waals surface area contributed by atoms with Crippen molar-refractivity contribution >= 4 is 0 Å². The Morgan fingerprint density at radius 2 is 2.00 bits per heavy atom. The zero-order valence-electron chi connectivity index (χ0n) is 10.4. The van der Waals surface area contributed by atoms with Gasteiger partial charge in [0.2, 0.25) is 0 Å². The van der Waals surface area contributed by atoms with Crippen LogP contribution in [-0.2, 0) is 6.42 Å². The predicted molar refractivity (Wildman–Crippen MR) is 65.0 cm³/mol. The maximum Gasteiger partial charge on any atom is 0.162 e. The Hall–Kier alpha value is -0.960. The second-order valence-electron chi connectivity index (χ2n) is 5.16. The number of benzene rings is 1. The highest BCUT2D eigenvalue weighted by Crippen LogP contribution is 2.21. The summed E-state index contributed by atoms with van der Waals surface area (Å²) in [5.41, 5.74) is 0.855. The molecule has 0 saturated heterocycles. The predicted octanol–water partition coefficient (Wildman–Crippen LogP) is 3.20. The molecule has 1 N–H and O–H groups in total. The molecule has 1 nitrogen and oxygen atoms in total. The third kappa shape index (κ3) is 3.25. The molecule has 1 atom stereocenters. The van der Waals surface area contributed by atoms with Gasteiger partial charge < -0.3 is 5.32 Å². The molecule has 3 heteroatoms. The minimum Gasteiger partial charge on any atom is -0.314 e. The SMILES string of the molecule is Cc1ccc(CC(C)CNC2CC2)c(F)c1F. The van der Waals surface area contributed by atoms with Crippen LogP contribution in [-0.4, -0.2) is 12.6 Å². The normalized spacial score (nSPS) is 17.2. The van der Waals surface area contributed by atoms with E-state index < -0.39 is 11.6 Å². The second kappa shape index (κ2) is 5.13. The Balaban J connectivity index is 1.94. The Bertz CT molecular complexity index is 399. The van der Waals surface area contributed by atoms with Gasteiger partial charge in [0, 0.05) is 6.04 Å². The fourth-order valence-electron chi connectivity index (χ4n) is 1.95. The molecule has 1 aliphatic carbocycles. The van der Waals surface area contributed by atoms with Gasteiger partial charge in [0.1, 0.15) is 0 Å². The van der Waals surface area contributed by atoms with E-state index in [9.17, 15) is 8.78 Å². The fraction of sp³-hybridized carbons (Fsp3) is 0.571. The molecule has 0 amide bonds. The van der Waals surface area contributed by atoms with Crippen LogP contribution >= 0.6 is 0 Å². The molecular formula is C14H19F2N. The summed E-state index contributed by atoms with van der Waals surface area (Å²) in [6.07, 6.45) is 3.09. The molecule has 0 aromatic heterocycles. The molecule has 2 rings (SSSR count). The monoisotopic (exact) mass is 239 g/mol. The highest BCUT2D eigenvalue weighted by molar-refractivity contribution is 5.25. The first-order valence-electron chi connectivity index (χ1n) is 6.24. The summed E-state index contributed by atoms with van der Waals surface area (Å²) in [6.45, 7) is 4.52. The van der Waals surface area contributed by atoms with Gasteiger partial charge in [0.05, 0.1) is 0 Å². The number of hydrogen-bond acceptors (Lipinski definition) is 1. The van der Waals surface area contributed by atoms with Crippen molar-refractivity contribution in [3.8, 4) is 0 Å².